The summed E-state index contributed by atoms with van der Waals surface area (Å²) in [4.78, 5) is 39.3. The summed E-state index contributed by atoms with van der Waals surface area (Å²) in [5, 5.41) is 15.1. The van der Waals surface area contributed by atoms with E-state index < -0.39 is 35.2 Å². The standard InChI is InChI=1S/C24H30N2O5S/c1-23(2,3)31-22(30)26-24(13-7-8-14-24)21(29)25-18(20(27)28)15-17-11-12-19(32-17)16-9-5-4-6-10-16/h4-6,9-12,18H,7-8,13-15H2,1-3H3,(H,25,29)(H,26,30)(H,27,28). The van der Waals surface area contributed by atoms with E-state index in [1.54, 1.807) is 20.8 Å². The Balaban J connectivity index is 1.70. The van der Waals surface area contributed by atoms with E-state index in [0.717, 1.165) is 28.2 Å². The second kappa shape index (κ2) is 9.73. The first kappa shape index (κ1) is 23.8. The third-order valence-electron chi connectivity index (χ3n) is 5.36. The van der Waals surface area contributed by atoms with Crippen LogP contribution in [0.5, 0.6) is 0 Å². The molecule has 1 unspecified atom stereocenters. The Morgan fingerprint density at radius 3 is 2.34 bits per heavy atom. The number of carbonyl (C=O) groups is 3. The maximum Gasteiger partial charge on any atom is 0.408 e. The lowest BCUT2D eigenvalue weighted by molar-refractivity contribution is -0.142. The van der Waals surface area contributed by atoms with Crippen molar-refractivity contribution in [2.24, 2.45) is 0 Å². The van der Waals surface area contributed by atoms with Crippen molar-refractivity contribution < 1.29 is 24.2 Å². The number of alkyl carbamates (subject to hydrolysis) is 1. The van der Waals surface area contributed by atoms with Crippen LogP contribution >= 0.6 is 11.3 Å². The van der Waals surface area contributed by atoms with E-state index in [0.29, 0.717) is 12.8 Å². The smallest absolute Gasteiger partial charge is 0.408 e. The SMILES string of the molecule is CC(C)(C)OC(=O)NC1(C(=O)NC(Cc2ccc(-c3ccccc3)s2)C(=O)O)CCCC1. The normalized spacial score (nSPS) is 16.2. The van der Waals surface area contributed by atoms with Crippen LogP contribution in [0.2, 0.25) is 0 Å². The highest BCUT2D eigenvalue weighted by atomic mass is 32.1. The highest BCUT2D eigenvalue weighted by Crippen LogP contribution is 2.31. The Labute approximate surface area is 192 Å². The van der Waals surface area contributed by atoms with Crippen LogP contribution in [-0.4, -0.2) is 40.3 Å². The number of rotatable bonds is 7. The average Bonchev–Trinajstić information content (AvgIpc) is 3.37. The first-order valence-electron chi connectivity index (χ1n) is 10.8. The van der Waals surface area contributed by atoms with E-state index in [4.69, 9.17) is 4.74 Å². The van der Waals surface area contributed by atoms with Crippen molar-refractivity contribution in [2.45, 2.75) is 70.1 Å². The molecule has 7 nitrogen and oxygen atoms in total. The van der Waals surface area contributed by atoms with Gasteiger partial charge in [0.2, 0.25) is 5.91 Å². The lowest BCUT2D eigenvalue weighted by atomic mass is 9.95. The molecule has 1 atom stereocenters. The summed E-state index contributed by atoms with van der Waals surface area (Å²) in [6.45, 7) is 5.25. The van der Waals surface area contributed by atoms with Crippen molar-refractivity contribution in [1.82, 2.24) is 10.6 Å². The zero-order chi connectivity index (χ0) is 23.4. The van der Waals surface area contributed by atoms with Gasteiger partial charge in [-0.05, 0) is 51.3 Å². The number of carbonyl (C=O) groups excluding carboxylic acids is 2. The molecular formula is C24H30N2O5S. The van der Waals surface area contributed by atoms with Crippen LogP contribution in [0.1, 0.15) is 51.3 Å². The number of ether oxygens (including phenoxy) is 1. The third kappa shape index (κ3) is 6.09. The van der Waals surface area contributed by atoms with Crippen molar-refractivity contribution in [3.8, 4) is 10.4 Å². The van der Waals surface area contributed by atoms with Crippen LogP contribution < -0.4 is 10.6 Å². The Morgan fingerprint density at radius 1 is 1.09 bits per heavy atom. The first-order valence-corrected chi connectivity index (χ1v) is 11.6. The summed E-state index contributed by atoms with van der Waals surface area (Å²) in [6, 6.07) is 12.6. The van der Waals surface area contributed by atoms with Crippen molar-refractivity contribution in [3.63, 3.8) is 0 Å². The molecule has 172 valence electrons. The molecule has 1 aliphatic carbocycles. The maximum atomic E-state index is 13.2. The first-order chi connectivity index (χ1) is 15.1. The van der Waals surface area contributed by atoms with Gasteiger partial charge in [0.05, 0.1) is 0 Å². The van der Waals surface area contributed by atoms with Gasteiger partial charge in [-0.1, -0.05) is 43.2 Å². The fourth-order valence-electron chi connectivity index (χ4n) is 3.83. The highest BCUT2D eigenvalue weighted by Gasteiger charge is 2.44. The maximum absolute atomic E-state index is 13.2. The number of thiophene rings is 1. The lowest BCUT2D eigenvalue weighted by Crippen LogP contribution is -2.60. The predicted octanol–water partition coefficient (Wildman–Crippen LogP) is 4.36. The molecule has 1 aromatic heterocycles. The van der Waals surface area contributed by atoms with Gasteiger partial charge in [0.1, 0.15) is 17.2 Å². The largest absolute Gasteiger partial charge is 0.480 e. The molecule has 0 radical (unpaired) electrons. The molecule has 1 aliphatic rings. The van der Waals surface area contributed by atoms with Crippen molar-refractivity contribution in [2.75, 3.05) is 0 Å². The molecular weight excluding hydrogens is 428 g/mol. The number of amides is 2. The topological polar surface area (TPSA) is 105 Å². The molecule has 0 bridgehead atoms. The van der Waals surface area contributed by atoms with Crippen LogP contribution in [0.25, 0.3) is 10.4 Å². The van der Waals surface area contributed by atoms with E-state index in [2.05, 4.69) is 10.6 Å². The summed E-state index contributed by atoms with van der Waals surface area (Å²) >= 11 is 1.50. The number of nitrogens with one attached hydrogen (secondary N) is 2. The lowest BCUT2D eigenvalue weighted by Gasteiger charge is -2.31. The third-order valence-corrected chi connectivity index (χ3v) is 6.52. The van der Waals surface area contributed by atoms with Crippen molar-refractivity contribution in [1.29, 1.82) is 0 Å². The molecule has 0 aliphatic heterocycles. The summed E-state index contributed by atoms with van der Waals surface area (Å²) < 4.78 is 5.32. The molecule has 1 heterocycles. The monoisotopic (exact) mass is 458 g/mol. The van der Waals surface area contributed by atoms with E-state index >= 15 is 0 Å². The van der Waals surface area contributed by atoms with Crippen LogP contribution in [0.15, 0.2) is 42.5 Å². The van der Waals surface area contributed by atoms with Crippen LogP contribution in [0.4, 0.5) is 4.79 Å². The molecule has 1 fully saturated rings. The van der Waals surface area contributed by atoms with Crippen LogP contribution in [0.3, 0.4) is 0 Å². The van der Waals surface area contributed by atoms with E-state index in [9.17, 15) is 19.5 Å². The van der Waals surface area contributed by atoms with Gasteiger partial charge in [0.15, 0.2) is 0 Å². The van der Waals surface area contributed by atoms with E-state index in [-0.39, 0.29) is 6.42 Å². The molecule has 8 heteroatoms. The summed E-state index contributed by atoms with van der Waals surface area (Å²) in [6.07, 6.45) is 1.93. The molecule has 2 amide bonds. The average molecular weight is 459 g/mol. The van der Waals surface area contributed by atoms with Crippen LogP contribution in [0, 0.1) is 0 Å². The van der Waals surface area contributed by atoms with Gasteiger partial charge in [0.25, 0.3) is 0 Å². The van der Waals surface area contributed by atoms with Gasteiger partial charge < -0.3 is 20.5 Å². The molecule has 0 saturated heterocycles. The van der Waals surface area contributed by atoms with Crippen molar-refractivity contribution in [3.05, 3.63) is 47.3 Å². The van der Waals surface area contributed by atoms with Gasteiger partial charge in [-0.15, -0.1) is 11.3 Å². The summed E-state index contributed by atoms with van der Waals surface area (Å²) in [5.41, 5.74) is -0.786. The minimum absolute atomic E-state index is 0.168. The molecule has 3 N–H and O–H groups in total. The zero-order valence-electron chi connectivity index (χ0n) is 18.6. The Bertz CT molecular complexity index is 958. The zero-order valence-corrected chi connectivity index (χ0v) is 19.5. The molecule has 1 saturated carbocycles. The summed E-state index contributed by atoms with van der Waals surface area (Å²) in [5.74, 6) is -1.59. The number of hydrogen-bond donors (Lipinski definition) is 3. The van der Waals surface area contributed by atoms with E-state index in [1.807, 2.05) is 42.5 Å². The second-order valence-electron chi connectivity index (χ2n) is 9.12. The Hall–Kier alpha value is -2.87. The predicted molar refractivity (Wildman–Crippen MR) is 124 cm³/mol. The van der Waals surface area contributed by atoms with Crippen molar-refractivity contribution >= 4 is 29.3 Å². The minimum Gasteiger partial charge on any atom is -0.480 e. The highest BCUT2D eigenvalue weighted by molar-refractivity contribution is 7.15. The molecule has 3 rings (SSSR count). The van der Waals surface area contributed by atoms with E-state index in [1.165, 1.54) is 11.3 Å². The molecule has 32 heavy (non-hydrogen) atoms. The molecule has 2 aromatic rings. The number of aliphatic carboxylic acids is 1. The van der Waals surface area contributed by atoms with Gasteiger partial charge in [-0.3, -0.25) is 4.79 Å². The number of hydrogen-bond acceptors (Lipinski definition) is 5. The molecule has 0 spiro atoms. The minimum atomic E-state index is -1.15. The fourth-order valence-corrected chi connectivity index (χ4v) is 4.89. The summed E-state index contributed by atoms with van der Waals surface area (Å²) in [7, 11) is 0. The number of carboxylic acids is 1. The Morgan fingerprint density at radius 2 is 1.75 bits per heavy atom. The quantitative estimate of drug-likeness (QED) is 0.572. The van der Waals surface area contributed by atoms with Gasteiger partial charge in [0, 0.05) is 16.2 Å². The Kier molecular flexibility index (Phi) is 7.23. The number of carboxylic acid groups (broad SMARTS) is 1. The fraction of sp³-hybridized carbons (Fsp3) is 0.458. The van der Waals surface area contributed by atoms with Gasteiger partial charge >= 0.3 is 12.1 Å². The van der Waals surface area contributed by atoms with Crippen LogP contribution in [-0.2, 0) is 20.7 Å². The second-order valence-corrected chi connectivity index (χ2v) is 10.3. The van der Waals surface area contributed by atoms with Gasteiger partial charge in [-0.25, -0.2) is 9.59 Å². The van der Waals surface area contributed by atoms with Gasteiger partial charge in [-0.2, -0.15) is 0 Å². The number of benzene rings is 1. The molecule has 1 aromatic carbocycles.